The van der Waals surface area contributed by atoms with E-state index in [0.717, 1.165) is 25.3 Å². The maximum Gasteiger partial charge on any atom is 0.223 e. The molecular weight excluding hydrogens is 300 g/mol. The van der Waals surface area contributed by atoms with E-state index in [-0.39, 0.29) is 11.8 Å². The Kier molecular flexibility index (Phi) is 7.59. The molecule has 0 saturated heterocycles. The molecule has 1 fully saturated rings. The van der Waals surface area contributed by atoms with Crippen molar-refractivity contribution in [3.8, 4) is 0 Å². The number of hydrogen-bond donors (Lipinski definition) is 3. The number of carbonyl (C=O) groups excluding carboxylic acids is 1. The monoisotopic (exact) mass is 330 g/mol. The fourth-order valence-electron chi connectivity index (χ4n) is 3.08. The third-order valence-electron chi connectivity index (χ3n) is 4.62. The van der Waals surface area contributed by atoms with Gasteiger partial charge in [-0.2, -0.15) is 0 Å². The summed E-state index contributed by atoms with van der Waals surface area (Å²) in [4.78, 5) is 16.3. The van der Waals surface area contributed by atoms with E-state index in [9.17, 15) is 4.79 Å². The van der Waals surface area contributed by atoms with Crippen molar-refractivity contribution in [2.75, 3.05) is 20.1 Å². The summed E-state index contributed by atoms with van der Waals surface area (Å²) in [7, 11) is 1.76. The maximum absolute atomic E-state index is 12.1. The van der Waals surface area contributed by atoms with Gasteiger partial charge in [0.15, 0.2) is 5.96 Å². The molecule has 3 N–H and O–H groups in total. The number of guanidine groups is 1. The molecule has 0 aromatic heterocycles. The minimum Gasteiger partial charge on any atom is -0.355 e. The zero-order valence-corrected chi connectivity index (χ0v) is 14.9. The van der Waals surface area contributed by atoms with E-state index in [1.165, 1.54) is 30.4 Å². The summed E-state index contributed by atoms with van der Waals surface area (Å²) in [6.45, 7) is 4.14. The Morgan fingerprint density at radius 1 is 1.08 bits per heavy atom. The highest BCUT2D eigenvalue weighted by atomic mass is 16.1. The number of nitrogens with one attached hydrogen (secondary N) is 3. The Balaban J connectivity index is 1.64. The topological polar surface area (TPSA) is 65.5 Å². The molecule has 1 aliphatic rings. The van der Waals surface area contributed by atoms with E-state index in [2.05, 4.69) is 40.0 Å². The summed E-state index contributed by atoms with van der Waals surface area (Å²) in [6.07, 6.45) is 5.73. The molecular formula is C19H30N4O. The lowest BCUT2D eigenvalue weighted by Crippen LogP contribution is -2.42. The Labute approximate surface area is 145 Å². The lowest BCUT2D eigenvalue weighted by Gasteiger charge is -2.21. The Morgan fingerprint density at radius 3 is 2.50 bits per heavy atom. The van der Waals surface area contributed by atoms with Crippen LogP contribution in [0.2, 0.25) is 0 Å². The van der Waals surface area contributed by atoms with Crippen LogP contribution < -0.4 is 16.0 Å². The minimum atomic E-state index is 0.208. The van der Waals surface area contributed by atoms with Gasteiger partial charge in [-0.15, -0.1) is 0 Å². The number of carbonyl (C=O) groups is 1. The molecule has 0 heterocycles. The number of nitrogens with zero attached hydrogens (tertiary/aromatic N) is 1. The highest BCUT2D eigenvalue weighted by Crippen LogP contribution is 2.23. The van der Waals surface area contributed by atoms with Crippen LogP contribution in [0.15, 0.2) is 29.3 Å². The van der Waals surface area contributed by atoms with Crippen molar-refractivity contribution in [3.63, 3.8) is 0 Å². The summed E-state index contributed by atoms with van der Waals surface area (Å²) in [5.41, 5.74) is 2.52. The molecule has 132 valence electrons. The normalized spacial score (nSPS) is 15.8. The lowest BCUT2D eigenvalue weighted by atomic mass is 9.89. The highest BCUT2D eigenvalue weighted by molar-refractivity contribution is 5.80. The van der Waals surface area contributed by atoms with Crippen molar-refractivity contribution in [1.82, 2.24) is 16.0 Å². The number of rotatable bonds is 6. The molecule has 0 atom stereocenters. The second-order valence-corrected chi connectivity index (χ2v) is 6.40. The molecule has 1 amide bonds. The predicted octanol–water partition coefficient (Wildman–Crippen LogP) is 2.36. The SMILES string of the molecule is CN=C(NCCNC(=O)C1CCCCC1)NCc1ccccc1C. The molecule has 1 aromatic rings. The van der Waals surface area contributed by atoms with E-state index in [1.807, 2.05) is 12.1 Å². The minimum absolute atomic E-state index is 0.208. The summed E-state index contributed by atoms with van der Waals surface area (Å²) in [5, 5.41) is 9.58. The number of aryl methyl sites for hydroxylation is 1. The van der Waals surface area contributed by atoms with Crippen LogP contribution in [0.5, 0.6) is 0 Å². The molecule has 1 aromatic carbocycles. The largest absolute Gasteiger partial charge is 0.355 e. The second-order valence-electron chi connectivity index (χ2n) is 6.40. The van der Waals surface area contributed by atoms with Crippen molar-refractivity contribution in [3.05, 3.63) is 35.4 Å². The summed E-state index contributed by atoms with van der Waals surface area (Å²) < 4.78 is 0. The Hall–Kier alpha value is -2.04. The third-order valence-corrected chi connectivity index (χ3v) is 4.62. The van der Waals surface area contributed by atoms with Gasteiger partial charge < -0.3 is 16.0 Å². The van der Waals surface area contributed by atoms with Crippen LogP contribution in [0.3, 0.4) is 0 Å². The molecule has 5 heteroatoms. The molecule has 0 unspecified atom stereocenters. The number of benzene rings is 1. The van der Waals surface area contributed by atoms with Crippen LogP contribution in [0.1, 0.15) is 43.2 Å². The van der Waals surface area contributed by atoms with Gasteiger partial charge in [0.1, 0.15) is 0 Å². The van der Waals surface area contributed by atoms with Gasteiger partial charge in [-0.05, 0) is 30.9 Å². The van der Waals surface area contributed by atoms with Crippen molar-refractivity contribution in [2.24, 2.45) is 10.9 Å². The van der Waals surface area contributed by atoms with Crippen molar-refractivity contribution in [1.29, 1.82) is 0 Å². The van der Waals surface area contributed by atoms with E-state index < -0.39 is 0 Å². The Morgan fingerprint density at radius 2 is 1.79 bits per heavy atom. The van der Waals surface area contributed by atoms with E-state index in [1.54, 1.807) is 7.05 Å². The molecule has 0 spiro atoms. The van der Waals surface area contributed by atoms with E-state index in [4.69, 9.17) is 0 Å². The van der Waals surface area contributed by atoms with E-state index in [0.29, 0.717) is 13.1 Å². The van der Waals surface area contributed by atoms with Gasteiger partial charge in [0.25, 0.3) is 0 Å². The quantitative estimate of drug-likeness (QED) is 0.426. The van der Waals surface area contributed by atoms with Crippen molar-refractivity contribution in [2.45, 2.75) is 45.6 Å². The van der Waals surface area contributed by atoms with Crippen LogP contribution in [0.25, 0.3) is 0 Å². The lowest BCUT2D eigenvalue weighted by molar-refractivity contribution is -0.125. The fraction of sp³-hybridized carbons (Fsp3) is 0.579. The second kappa shape index (κ2) is 9.96. The van der Waals surface area contributed by atoms with Gasteiger partial charge >= 0.3 is 0 Å². The van der Waals surface area contributed by atoms with Crippen LogP contribution in [-0.4, -0.2) is 32.0 Å². The molecule has 24 heavy (non-hydrogen) atoms. The van der Waals surface area contributed by atoms with Crippen LogP contribution >= 0.6 is 0 Å². The first-order valence-electron chi connectivity index (χ1n) is 8.97. The van der Waals surface area contributed by atoms with Gasteiger partial charge in [-0.3, -0.25) is 9.79 Å². The van der Waals surface area contributed by atoms with Crippen LogP contribution in [-0.2, 0) is 11.3 Å². The fourth-order valence-corrected chi connectivity index (χ4v) is 3.08. The van der Waals surface area contributed by atoms with Crippen molar-refractivity contribution >= 4 is 11.9 Å². The molecule has 0 aliphatic heterocycles. The zero-order chi connectivity index (χ0) is 17.2. The molecule has 0 bridgehead atoms. The maximum atomic E-state index is 12.1. The first-order chi connectivity index (χ1) is 11.7. The van der Waals surface area contributed by atoms with Gasteiger partial charge in [-0.1, -0.05) is 43.5 Å². The van der Waals surface area contributed by atoms with Gasteiger partial charge in [0.2, 0.25) is 5.91 Å². The molecule has 1 aliphatic carbocycles. The average molecular weight is 330 g/mol. The number of aliphatic imine (C=N–C) groups is 1. The summed E-state index contributed by atoms with van der Waals surface area (Å²) >= 11 is 0. The number of amides is 1. The molecule has 0 radical (unpaired) electrons. The average Bonchev–Trinajstić information content (AvgIpc) is 2.63. The predicted molar refractivity (Wildman–Crippen MR) is 99.0 cm³/mol. The van der Waals surface area contributed by atoms with Crippen molar-refractivity contribution < 1.29 is 4.79 Å². The third kappa shape index (κ3) is 5.87. The summed E-state index contributed by atoms with van der Waals surface area (Å²) in [6, 6.07) is 8.30. The van der Waals surface area contributed by atoms with Crippen LogP contribution in [0, 0.1) is 12.8 Å². The standard InChI is InChI=1S/C19H30N4O/c1-15-8-6-7-11-17(15)14-23-19(20-2)22-13-12-21-18(24)16-9-4-3-5-10-16/h6-8,11,16H,3-5,9-10,12-14H2,1-2H3,(H,21,24)(H2,20,22,23). The van der Waals surface area contributed by atoms with E-state index >= 15 is 0 Å². The highest BCUT2D eigenvalue weighted by Gasteiger charge is 2.20. The first kappa shape index (κ1) is 18.3. The van der Waals surface area contributed by atoms with Gasteiger partial charge in [0.05, 0.1) is 0 Å². The summed E-state index contributed by atoms with van der Waals surface area (Å²) in [5.74, 6) is 1.18. The molecule has 2 rings (SSSR count). The molecule has 5 nitrogen and oxygen atoms in total. The smallest absolute Gasteiger partial charge is 0.223 e. The zero-order valence-electron chi connectivity index (χ0n) is 14.9. The molecule has 1 saturated carbocycles. The number of hydrogen-bond acceptors (Lipinski definition) is 2. The first-order valence-corrected chi connectivity index (χ1v) is 8.97. The van der Waals surface area contributed by atoms with Crippen LogP contribution in [0.4, 0.5) is 0 Å². The van der Waals surface area contributed by atoms with Gasteiger partial charge in [-0.25, -0.2) is 0 Å². The Bertz CT molecular complexity index is 550. The van der Waals surface area contributed by atoms with Gasteiger partial charge in [0, 0.05) is 32.6 Å².